The van der Waals surface area contributed by atoms with Crippen LogP contribution in [0.1, 0.15) is 15.9 Å². The van der Waals surface area contributed by atoms with E-state index in [1.807, 2.05) is 29.7 Å². The van der Waals surface area contributed by atoms with E-state index in [4.69, 9.17) is 9.47 Å². The number of nitrogens with zero attached hydrogens (tertiary/aromatic N) is 3. The molecule has 0 amide bonds. The van der Waals surface area contributed by atoms with E-state index >= 15 is 0 Å². The van der Waals surface area contributed by atoms with E-state index in [9.17, 15) is 4.79 Å². The van der Waals surface area contributed by atoms with Crippen LogP contribution in [0, 0.1) is 6.92 Å². The summed E-state index contributed by atoms with van der Waals surface area (Å²) in [4.78, 5) is 12.5. The smallest absolute Gasteiger partial charge is 0.192 e. The minimum absolute atomic E-state index is 0.0334. The summed E-state index contributed by atoms with van der Waals surface area (Å²) in [5.41, 5.74) is 2.80. The molecule has 0 atom stereocenters. The van der Waals surface area contributed by atoms with Crippen molar-refractivity contribution in [2.24, 2.45) is 0 Å². The molecule has 6 nitrogen and oxygen atoms in total. The van der Waals surface area contributed by atoms with Crippen LogP contribution in [0.3, 0.4) is 0 Å². The first kappa shape index (κ1) is 20.1. The van der Waals surface area contributed by atoms with Crippen molar-refractivity contribution >= 4 is 17.5 Å². The van der Waals surface area contributed by atoms with E-state index in [-0.39, 0.29) is 11.5 Å². The summed E-state index contributed by atoms with van der Waals surface area (Å²) in [6.45, 7) is 3.20. The molecule has 0 aliphatic rings. The molecule has 146 valence electrons. The molecule has 1 aromatic heterocycles. The van der Waals surface area contributed by atoms with Gasteiger partial charge in [-0.25, -0.2) is 0 Å². The fraction of sp³-hybridized carbons (Fsp3) is 0.286. The number of hydrogen-bond acceptors (Lipinski definition) is 6. The number of ketones is 1. The van der Waals surface area contributed by atoms with Crippen LogP contribution in [-0.4, -0.2) is 47.1 Å². The van der Waals surface area contributed by atoms with Gasteiger partial charge in [-0.05, 0) is 37.3 Å². The van der Waals surface area contributed by atoms with Crippen LogP contribution in [0.5, 0.6) is 5.75 Å². The number of carbonyl (C=O) groups excluding carboxylic acids is 1. The molecule has 28 heavy (non-hydrogen) atoms. The van der Waals surface area contributed by atoms with E-state index < -0.39 is 0 Å². The Labute approximate surface area is 168 Å². The van der Waals surface area contributed by atoms with Crippen molar-refractivity contribution in [3.63, 3.8) is 0 Å². The fourth-order valence-electron chi connectivity index (χ4n) is 2.77. The second-order valence-corrected chi connectivity index (χ2v) is 7.20. The quantitative estimate of drug-likeness (QED) is 0.403. The number of benzene rings is 2. The number of methoxy groups -OCH3 is 2. The lowest BCUT2D eigenvalue weighted by Gasteiger charge is -2.10. The van der Waals surface area contributed by atoms with E-state index in [2.05, 4.69) is 16.3 Å². The predicted octanol–water partition coefficient (Wildman–Crippen LogP) is 3.88. The van der Waals surface area contributed by atoms with Gasteiger partial charge in [0.05, 0.1) is 26.0 Å². The first-order valence-corrected chi connectivity index (χ1v) is 9.90. The summed E-state index contributed by atoms with van der Waals surface area (Å²) < 4.78 is 12.4. The second-order valence-electron chi connectivity index (χ2n) is 6.26. The number of carbonyl (C=O) groups is 1. The third-order valence-corrected chi connectivity index (χ3v) is 5.22. The van der Waals surface area contributed by atoms with Crippen molar-refractivity contribution in [3.8, 4) is 17.1 Å². The maximum Gasteiger partial charge on any atom is 0.192 e. The average Bonchev–Trinajstić information content (AvgIpc) is 3.13. The highest BCUT2D eigenvalue weighted by molar-refractivity contribution is 7.99. The molecular weight excluding hydrogens is 374 g/mol. The van der Waals surface area contributed by atoms with Gasteiger partial charge in [0.15, 0.2) is 16.8 Å². The van der Waals surface area contributed by atoms with Gasteiger partial charge in [-0.1, -0.05) is 35.5 Å². The summed E-state index contributed by atoms with van der Waals surface area (Å²) in [6.07, 6.45) is 0. The van der Waals surface area contributed by atoms with Crippen molar-refractivity contribution in [1.82, 2.24) is 14.8 Å². The normalized spacial score (nSPS) is 10.8. The van der Waals surface area contributed by atoms with E-state index in [0.717, 1.165) is 22.7 Å². The lowest BCUT2D eigenvalue weighted by molar-refractivity contribution is 0.102. The molecule has 0 N–H and O–H groups in total. The highest BCUT2D eigenvalue weighted by Gasteiger charge is 2.16. The lowest BCUT2D eigenvalue weighted by Crippen LogP contribution is -2.09. The molecule has 0 saturated carbocycles. The number of rotatable bonds is 9. The Morgan fingerprint density at radius 2 is 1.89 bits per heavy atom. The van der Waals surface area contributed by atoms with Crippen molar-refractivity contribution in [1.29, 1.82) is 0 Å². The van der Waals surface area contributed by atoms with Crippen LogP contribution in [-0.2, 0) is 11.3 Å². The second kappa shape index (κ2) is 9.52. The lowest BCUT2D eigenvalue weighted by atomic mass is 10.1. The van der Waals surface area contributed by atoms with Crippen LogP contribution < -0.4 is 4.74 Å². The van der Waals surface area contributed by atoms with Crippen molar-refractivity contribution in [2.45, 2.75) is 18.6 Å². The first-order chi connectivity index (χ1) is 13.6. The molecule has 0 unspecified atom stereocenters. The Kier molecular flexibility index (Phi) is 6.84. The van der Waals surface area contributed by atoms with Crippen molar-refractivity contribution in [3.05, 3.63) is 59.7 Å². The zero-order valence-electron chi connectivity index (χ0n) is 16.2. The zero-order chi connectivity index (χ0) is 19.9. The largest absolute Gasteiger partial charge is 0.497 e. The molecule has 0 aliphatic carbocycles. The Bertz CT molecular complexity index is 938. The standard InChI is InChI=1S/C21H23N3O3S/c1-15-5-4-6-17(13-15)20-22-23-21(24(20)11-12-26-2)28-14-19(25)16-7-9-18(27-3)10-8-16/h4-10,13H,11-12,14H2,1-3H3. The van der Waals surface area contributed by atoms with Crippen molar-refractivity contribution in [2.75, 3.05) is 26.6 Å². The molecule has 0 saturated heterocycles. The van der Waals surface area contributed by atoms with Gasteiger partial charge in [0.25, 0.3) is 0 Å². The monoisotopic (exact) mass is 397 g/mol. The van der Waals surface area contributed by atoms with E-state index in [0.29, 0.717) is 23.9 Å². The van der Waals surface area contributed by atoms with Crippen LogP contribution in [0.4, 0.5) is 0 Å². The van der Waals surface area contributed by atoms with Gasteiger partial charge in [-0.15, -0.1) is 10.2 Å². The number of Topliss-reactive ketones (excluding diaryl/α,β-unsaturated/α-hetero) is 1. The molecule has 0 bridgehead atoms. The Morgan fingerprint density at radius 3 is 2.57 bits per heavy atom. The molecule has 3 aromatic rings. The molecule has 3 rings (SSSR count). The predicted molar refractivity (Wildman–Crippen MR) is 110 cm³/mol. The minimum Gasteiger partial charge on any atom is -0.497 e. The van der Waals surface area contributed by atoms with Crippen molar-refractivity contribution < 1.29 is 14.3 Å². The highest BCUT2D eigenvalue weighted by Crippen LogP contribution is 2.25. The van der Waals surface area contributed by atoms with Gasteiger partial charge in [0, 0.05) is 18.2 Å². The topological polar surface area (TPSA) is 66.2 Å². The molecule has 0 radical (unpaired) electrons. The summed E-state index contributed by atoms with van der Waals surface area (Å²) in [5, 5.41) is 9.38. The SMILES string of the molecule is COCCn1c(SCC(=O)c2ccc(OC)cc2)nnc1-c1cccc(C)c1. The summed E-state index contributed by atoms with van der Waals surface area (Å²) in [7, 11) is 3.27. The molecule has 0 spiro atoms. The summed E-state index contributed by atoms with van der Waals surface area (Å²) in [5.74, 6) is 1.82. The molecular formula is C21H23N3O3S. The maximum atomic E-state index is 12.5. The molecule has 1 heterocycles. The number of thioether (sulfide) groups is 1. The molecule has 7 heteroatoms. The Morgan fingerprint density at radius 1 is 1.11 bits per heavy atom. The fourth-order valence-corrected chi connectivity index (χ4v) is 3.63. The van der Waals surface area contributed by atoms with Gasteiger partial charge in [-0.2, -0.15) is 0 Å². The van der Waals surface area contributed by atoms with Crippen LogP contribution in [0.2, 0.25) is 0 Å². The molecule has 2 aromatic carbocycles. The van der Waals surface area contributed by atoms with E-state index in [1.54, 1.807) is 38.5 Å². The van der Waals surface area contributed by atoms with Crippen LogP contribution in [0.25, 0.3) is 11.4 Å². The van der Waals surface area contributed by atoms with Gasteiger partial charge in [-0.3, -0.25) is 9.36 Å². The Balaban J connectivity index is 1.78. The number of ether oxygens (including phenoxy) is 2. The Hall–Kier alpha value is -2.64. The zero-order valence-corrected chi connectivity index (χ0v) is 17.0. The van der Waals surface area contributed by atoms with Gasteiger partial charge in [0.1, 0.15) is 5.75 Å². The third-order valence-electron chi connectivity index (χ3n) is 4.26. The number of aromatic nitrogens is 3. The number of hydrogen-bond donors (Lipinski definition) is 0. The van der Waals surface area contributed by atoms with Gasteiger partial charge < -0.3 is 9.47 Å². The maximum absolute atomic E-state index is 12.5. The van der Waals surface area contributed by atoms with E-state index in [1.165, 1.54) is 11.8 Å². The summed E-state index contributed by atoms with van der Waals surface area (Å²) in [6, 6.07) is 15.2. The number of aryl methyl sites for hydroxylation is 1. The average molecular weight is 398 g/mol. The molecule has 0 fully saturated rings. The summed E-state index contributed by atoms with van der Waals surface area (Å²) >= 11 is 1.38. The highest BCUT2D eigenvalue weighted by atomic mass is 32.2. The first-order valence-electron chi connectivity index (χ1n) is 8.91. The minimum atomic E-state index is 0.0334. The molecule has 0 aliphatic heterocycles. The third kappa shape index (κ3) is 4.79. The van der Waals surface area contributed by atoms with Crippen LogP contribution in [0.15, 0.2) is 53.7 Å². The van der Waals surface area contributed by atoms with Gasteiger partial charge in [0.2, 0.25) is 0 Å². The van der Waals surface area contributed by atoms with Gasteiger partial charge >= 0.3 is 0 Å². The van der Waals surface area contributed by atoms with Crippen LogP contribution >= 0.6 is 11.8 Å².